The summed E-state index contributed by atoms with van der Waals surface area (Å²) in [5.74, 6) is 0.714. The van der Waals surface area contributed by atoms with E-state index in [9.17, 15) is 4.79 Å². The molecule has 21 heavy (non-hydrogen) atoms. The molecule has 0 saturated heterocycles. The topological polar surface area (TPSA) is 72.9 Å². The van der Waals surface area contributed by atoms with Crippen LogP contribution in [0.4, 0.5) is 11.4 Å². The highest BCUT2D eigenvalue weighted by atomic mass is 16.1. The van der Waals surface area contributed by atoms with Gasteiger partial charge >= 0.3 is 0 Å². The molecule has 1 amide bonds. The molecule has 0 atom stereocenters. The Labute approximate surface area is 122 Å². The molecular weight excluding hydrogens is 264 g/mol. The summed E-state index contributed by atoms with van der Waals surface area (Å²) in [6, 6.07) is 14.9. The van der Waals surface area contributed by atoms with Crippen molar-refractivity contribution >= 4 is 28.3 Å². The predicted molar refractivity (Wildman–Crippen MR) is 84.0 cm³/mol. The van der Waals surface area contributed by atoms with Crippen LogP contribution in [-0.2, 0) is 11.3 Å². The van der Waals surface area contributed by atoms with Crippen LogP contribution < -0.4 is 11.1 Å². The summed E-state index contributed by atoms with van der Waals surface area (Å²) in [4.78, 5) is 16.6. The Bertz CT molecular complexity index is 807. The number of hydrogen-bond donors (Lipinski definition) is 2. The standard InChI is InChI=1S/C16H16N4O/c1-11-18-14-7-2-3-8-15(14)20(11)10-16(21)19-13-6-4-5-12(17)9-13/h2-9H,10,17H2,1H3,(H,19,21). The van der Waals surface area contributed by atoms with E-state index in [-0.39, 0.29) is 12.5 Å². The summed E-state index contributed by atoms with van der Waals surface area (Å²) in [6.07, 6.45) is 0. The van der Waals surface area contributed by atoms with E-state index in [0.717, 1.165) is 16.9 Å². The molecule has 2 aromatic carbocycles. The minimum absolute atomic E-state index is 0.105. The summed E-state index contributed by atoms with van der Waals surface area (Å²) in [6.45, 7) is 2.12. The quantitative estimate of drug-likeness (QED) is 0.724. The fourth-order valence-corrected chi connectivity index (χ4v) is 2.36. The molecular formula is C16H16N4O. The van der Waals surface area contributed by atoms with Crippen molar-refractivity contribution in [1.29, 1.82) is 0 Å². The fourth-order valence-electron chi connectivity index (χ4n) is 2.36. The number of benzene rings is 2. The molecule has 1 aromatic heterocycles. The Balaban J connectivity index is 1.82. The molecule has 5 nitrogen and oxygen atoms in total. The van der Waals surface area contributed by atoms with Gasteiger partial charge in [-0.15, -0.1) is 0 Å². The third kappa shape index (κ3) is 2.72. The molecule has 106 valence electrons. The van der Waals surface area contributed by atoms with Crippen molar-refractivity contribution in [3.05, 3.63) is 54.4 Å². The second-order valence-electron chi connectivity index (χ2n) is 4.91. The lowest BCUT2D eigenvalue weighted by Gasteiger charge is -2.08. The molecule has 0 unspecified atom stereocenters. The minimum Gasteiger partial charge on any atom is -0.399 e. The Morgan fingerprint density at radius 1 is 1.24 bits per heavy atom. The fraction of sp³-hybridized carbons (Fsp3) is 0.125. The van der Waals surface area contributed by atoms with E-state index < -0.39 is 0 Å². The average Bonchev–Trinajstić information content (AvgIpc) is 2.75. The first-order chi connectivity index (χ1) is 10.1. The molecule has 3 aromatic rings. The normalized spacial score (nSPS) is 10.7. The number of anilines is 2. The zero-order chi connectivity index (χ0) is 14.8. The number of aryl methyl sites for hydroxylation is 1. The Hall–Kier alpha value is -2.82. The van der Waals surface area contributed by atoms with Gasteiger partial charge in [-0.1, -0.05) is 18.2 Å². The van der Waals surface area contributed by atoms with Gasteiger partial charge in [0.1, 0.15) is 12.4 Å². The zero-order valence-electron chi connectivity index (χ0n) is 11.7. The molecule has 0 aliphatic rings. The van der Waals surface area contributed by atoms with Gasteiger partial charge in [-0.3, -0.25) is 4.79 Å². The number of fused-ring (bicyclic) bond motifs is 1. The van der Waals surface area contributed by atoms with Crippen molar-refractivity contribution in [3.8, 4) is 0 Å². The number of nitrogen functional groups attached to an aromatic ring is 1. The molecule has 0 aliphatic heterocycles. The molecule has 1 heterocycles. The van der Waals surface area contributed by atoms with Gasteiger partial charge in [0.15, 0.2) is 0 Å². The number of amides is 1. The first-order valence-electron chi connectivity index (χ1n) is 6.71. The summed E-state index contributed by atoms with van der Waals surface area (Å²) in [7, 11) is 0. The van der Waals surface area contributed by atoms with E-state index in [1.54, 1.807) is 12.1 Å². The monoisotopic (exact) mass is 280 g/mol. The number of nitrogens with zero attached hydrogens (tertiary/aromatic N) is 2. The maximum absolute atomic E-state index is 12.2. The summed E-state index contributed by atoms with van der Waals surface area (Å²) in [5.41, 5.74) is 8.87. The third-order valence-electron chi connectivity index (χ3n) is 3.32. The number of carbonyl (C=O) groups is 1. The highest BCUT2D eigenvalue weighted by Gasteiger charge is 2.10. The van der Waals surface area contributed by atoms with Gasteiger partial charge in [-0.05, 0) is 37.3 Å². The second-order valence-corrected chi connectivity index (χ2v) is 4.91. The number of imidazole rings is 1. The number of hydrogen-bond acceptors (Lipinski definition) is 3. The van der Waals surface area contributed by atoms with E-state index in [1.165, 1.54) is 0 Å². The van der Waals surface area contributed by atoms with Crippen LogP contribution in [0, 0.1) is 6.92 Å². The van der Waals surface area contributed by atoms with Crippen LogP contribution in [0.1, 0.15) is 5.82 Å². The average molecular weight is 280 g/mol. The number of nitrogens with one attached hydrogen (secondary N) is 1. The molecule has 3 rings (SSSR count). The Kier molecular flexibility index (Phi) is 3.31. The van der Waals surface area contributed by atoms with Crippen molar-refractivity contribution in [2.24, 2.45) is 0 Å². The lowest BCUT2D eigenvalue weighted by molar-refractivity contribution is -0.116. The van der Waals surface area contributed by atoms with Crippen molar-refractivity contribution in [1.82, 2.24) is 9.55 Å². The Morgan fingerprint density at radius 2 is 2.05 bits per heavy atom. The van der Waals surface area contributed by atoms with E-state index in [0.29, 0.717) is 11.4 Å². The first kappa shape index (κ1) is 13.2. The number of nitrogens with two attached hydrogens (primary N) is 1. The zero-order valence-corrected chi connectivity index (χ0v) is 11.7. The van der Waals surface area contributed by atoms with Gasteiger partial charge in [0.2, 0.25) is 5.91 Å². The SMILES string of the molecule is Cc1nc2ccccc2n1CC(=O)Nc1cccc(N)c1. The lowest BCUT2D eigenvalue weighted by Crippen LogP contribution is -2.19. The van der Waals surface area contributed by atoms with E-state index in [1.807, 2.05) is 47.9 Å². The number of aromatic nitrogens is 2. The van der Waals surface area contributed by atoms with Gasteiger partial charge in [0.05, 0.1) is 11.0 Å². The van der Waals surface area contributed by atoms with Gasteiger partial charge in [-0.25, -0.2) is 4.98 Å². The summed E-state index contributed by atoms with van der Waals surface area (Å²) in [5, 5.41) is 2.85. The van der Waals surface area contributed by atoms with E-state index >= 15 is 0 Å². The first-order valence-corrected chi connectivity index (χ1v) is 6.71. The second kappa shape index (κ2) is 5.28. The van der Waals surface area contributed by atoms with Gasteiger partial charge in [0, 0.05) is 11.4 Å². The maximum atomic E-state index is 12.2. The van der Waals surface area contributed by atoms with Crippen LogP contribution >= 0.6 is 0 Å². The number of carbonyl (C=O) groups excluding carboxylic acids is 1. The van der Waals surface area contributed by atoms with Crippen molar-refractivity contribution in [2.75, 3.05) is 11.1 Å². The molecule has 0 radical (unpaired) electrons. The maximum Gasteiger partial charge on any atom is 0.244 e. The Morgan fingerprint density at radius 3 is 2.86 bits per heavy atom. The van der Waals surface area contributed by atoms with Crippen molar-refractivity contribution in [2.45, 2.75) is 13.5 Å². The van der Waals surface area contributed by atoms with Crippen molar-refractivity contribution < 1.29 is 4.79 Å². The molecule has 0 bridgehead atoms. The third-order valence-corrected chi connectivity index (χ3v) is 3.32. The summed E-state index contributed by atoms with van der Waals surface area (Å²) >= 11 is 0. The van der Waals surface area contributed by atoms with Crippen LogP contribution in [0.3, 0.4) is 0 Å². The lowest BCUT2D eigenvalue weighted by atomic mass is 10.3. The molecule has 3 N–H and O–H groups in total. The largest absolute Gasteiger partial charge is 0.399 e. The van der Waals surface area contributed by atoms with E-state index in [4.69, 9.17) is 5.73 Å². The number of rotatable bonds is 3. The van der Waals surface area contributed by atoms with Crippen LogP contribution in [0.5, 0.6) is 0 Å². The van der Waals surface area contributed by atoms with Gasteiger partial charge in [-0.2, -0.15) is 0 Å². The molecule has 5 heteroatoms. The smallest absolute Gasteiger partial charge is 0.244 e. The minimum atomic E-state index is -0.105. The van der Waals surface area contributed by atoms with Gasteiger partial charge in [0.25, 0.3) is 0 Å². The highest BCUT2D eigenvalue weighted by molar-refractivity contribution is 5.92. The molecule has 0 spiro atoms. The molecule has 0 fully saturated rings. The van der Waals surface area contributed by atoms with E-state index in [2.05, 4.69) is 10.3 Å². The van der Waals surface area contributed by atoms with Crippen LogP contribution in [0.15, 0.2) is 48.5 Å². The number of para-hydroxylation sites is 2. The van der Waals surface area contributed by atoms with Crippen LogP contribution in [-0.4, -0.2) is 15.5 Å². The predicted octanol–water partition coefficient (Wildman–Crippen LogP) is 2.57. The van der Waals surface area contributed by atoms with Crippen molar-refractivity contribution in [3.63, 3.8) is 0 Å². The molecule has 0 saturated carbocycles. The van der Waals surface area contributed by atoms with Crippen LogP contribution in [0.2, 0.25) is 0 Å². The molecule has 0 aliphatic carbocycles. The highest BCUT2D eigenvalue weighted by Crippen LogP contribution is 2.16. The van der Waals surface area contributed by atoms with Crippen LogP contribution in [0.25, 0.3) is 11.0 Å². The van der Waals surface area contributed by atoms with Gasteiger partial charge < -0.3 is 15.6 Å². The summed E-state index contributed by atoms with van der Waals surface area (Å²) < 4.78 is 1.90.